The second-order valence-electron chi connectivity index (χ2n) is 6.32. The van der Waals surface area contributed by atoms with Gasteiger partial charge in [0.15, 0.2) is 0 Å². The Hall–Kier alpha value is -1.35. The zero-order valence-corrected chi connectivity index (χ0v) is 13.2. The molecular weight excluding hydrogens is 262 g/mol. The smallest absolute Gasteiger partial charge is 0.222 e. The molecule has 0 saturated carbocycles. The largest absolute Gasteiger partial charge is 0.393 e. The maximum Gasteiger partial charge on any atom is 0.222 e. The third-order valence-electron chi connectivity index (χ3n) is 4.47. The molecule has 1 saturated heterocycles. The van der Waals surface area contributed by atoms with Crippen molar-refractivity contribution < 1.29 is 9.90 Å². The van der Waals surface area contributed by atoms with Crippen molar-refractivity contribution in [3.05, 3.63) is 35.4 Å². The molecule has 3 nitrogen and oxygen atoms in total. The fraction of sp³-hybridized carbons (Fsp3) is 0.611. The lowest BCUT2D eigenvalue weighted by molar-refractivity contribution is -0.133. The fourth-order valence-corrected chi connectivity index (χ4v) is 2.99. The van der Waals surface area contributed by atoms with Gasteiger partial charge in [-0.25, -0.2) is 0 Å². The summed E-state index contributed by atoms with van der Waals surface area (Å²) < 4.78 is 0. The average molecular weight is 289 g/mol. The highest BCUT2D eigenvalue weighted by molar-refractivity contribution is 5.76. The lowest BCUT2D eigenvalue weighted by Crippen LogP contribution is -2.42. The van der Waals surface area contributed by atoms with Gasteiger partial charge < -0.3 is 10.0 Å². The van der Waals surface area contributed by atoms with Crippen LogP contribution in [0.15, 0.2) is 24.3 Å². The molecular formula is C18H27NO2. The number of carbonyl (C=O) groups excluding carboxylic acids is 1. The first-order valence-corrected chi connectivity index (χ1v) is 8.07. The average Bonchev–Trinajstić information content (AvgIpc) is 2.49. The Bertz CT molecular complexity index is 453. The van der Waals surface area contributed by atoms with Crippen LogP contribution in [0.1, 0.15) is 43.7 Å². The van der Waals surface area contributed by atoms with Crippen LogP contribution in [-0.4, -0.2) is 35.1 Å². The van der Waals surface area contributed by atoms with Crippen LogP contribution in [0.2, 0.25) is 0 Å². The van der Waals surface area contributed by atoms with Crippen LogP contribution in [0, 0.1) is 12.8 Å². The van der Waals surface area contributed by atoms with Crippen molar-refractivity contribution in [1.82, 2.24) is 4.90 Å². The number of aryl methyl sites for hydroxylation is 2. The number of benzene rings is 1. The van der Waals surface area contributed by atoms with E-state index in [2.05, 4.69) is 31.2 Å². The Labute approximate surface area is 128 Å². The summed E-state index contributed by atoms with van der Waals surface area (Å²) in [6.45, 7) is 5.49. The van der Waals surface area contributed by atoms with E-state index in [-0.39, 0.29) is 17.9 Å². The van der Waals surface area contributed by atoms with Gasteiger partial charge in [0.25, 0.3) is 0 Å². The van der Waals surface area contributed by atoms with E-state index >= 15 is 0 Å². The molecule has 1 aromatic carbocycles. The highest BCUT2D eigenvalue weighted by Gasteiger charge is 2.25. The number of piperidine rings is 1. The van der Waals surface area contributed by atoms with Gasteiger partial charge in [-0.2, -0.15) is 0 Å². The maximum absolute atomic E-state index is 12.3. The fourth-order valence-electron chi connectivity index (χ4n) is 2.99. The molecule has 1 aliphatic heterocycles. The lowest BCUT2D eigenvalue weighted by Gasteiger charge is -2.34. The Morgan fingerprint density at radius 1 is 1.38 bits per heavy atom. The highest BCUT2D eigenvalue weighted by atomic mass is 16.3. The number of aliphatic hydroxyl groups is 1. The molecule has 1 heterocycles. The van der Waals surface area contributed by atoms with Crippen LogP contribution in [0.4, 0.5) is 0 Å². The molecule has 2 unspecified atom stereocenters. The zero-order chi connectivity index (χ0) is 15.2. The maximum atomic E-state index is 12.3. The second kappa shape index (κ2) is 7.60. The molecule has 1 fully saturated rings. The first-order valence-electron chi connectivity index (χ1n) is 8.07. The number of rotatable bonds is 5. The summed E-state index contributed by atoms with van der Waals surface area (Å²) in [7, 11) is 0. The van der Waals surface area contributed by atoms with E-state index in [1.165, 1.54) is 11.1 Å². The van der Waals surface area contributed by atoms with E-state index in [0.29, 0.717) is 6.42 Å². The first-order chi connectivity index (χ1) is 10.1. The molecule has 1 aromatic rings. The molecule has 0 bridgehead atoms. The van der Waals surface area contributed by atoms with Crippen molar-refractivity contribution >= 4 is 5.91 Å². The van der Waals surface area contributed by atoms with Gasteiger partial charge in [-0.15, -0.1) is 0 Å². The number of carbonyl (C=O) groups is 1. The van der Waals surface area contributed by atoms with E-state index in [4.69, 9.17) is 0 Å². The van der Waals surface area contributed by atoms with Gasteiger partial charge in [0, 0.05) is 25.4 Å². The van der Waals surface area contributed by atoms with Crippen LogP contribution < -0.4 is 0 Å². The molecule has 1 amide bonds. The van der Waals surface area contributed by atoms with Crippen LogP contribution in [0.3, 0.4) is 0 Å². The molecule has 116 valence electrons. The Morgan fingerprint density at radius 2 is 2.10 bits per heavy atom. The van der Waals surface area contributed by atoms with Gasteiger partial charge in [0.05, 0.1) is 6.10 Å². The standard InChI is InChI=1S/C18H27NO2/c1-14-8-10-16(11-9-14)5-3-7-18(21)19-12-4-6-17(13-19)15(2)20/h8-11,15,17,20H,3-7,12-13H2,1-2H3. The summed E-state index contributed by atoms with van der Waals surface area (Å²) in [6.07, 6.45) is 4.20. The summed E-state index contributed by atoms with van der Waals surface area (Å²) in [5.41, 5.74) is 2.57. The van der Waals surface area contributed by atoms with Crippen molar-refractivity contribution in [2.24, 2.45) is 5.92 Å². The summed E-state index contributed by atoms with van der Waals surface area (Å²) in [5.74, 6) is 0.493. The molecule has 0 aromatic heterocycles. The molecule has 2 rings (SSSR count). The molecule has 1 aliphatic rings. The SMILES string of the molecule is Cc1ccc(CCCC(=O)N2CCCC(C(C)O)C2)cc1. The number of hydrogen-bond acceptors (Lipinski definition) is 2. The molecule has 21 heavy (non-hydrogen) atoms. The van der Waals surface area contributed by atoms with E-state index in [1.54, 1.807) is 0 Å². The van der Waals surface area contributed by atoms with Crippen LogP contribution in [0.25, 0.3) is 0 Å². The number of aliphatic hydroxyl groups excluding tert-OH is 1. The zero-order valence-electron chi connectivity index (χ0n) is 13.2. The van der Waals surface area contributed by atoms with Gasteiger partial charge in [0.1, 0.15) is 0 Å². The molecule has 0 radical (unpaired) electrons. The number of nitrogens with zero attached hydrogens (tertiary/aromatic N) is 1. The molecule has 1 N–H and O–H groups in total. The first kappa shape index (κ1) is 16.0. The van der Waals surface area contributed by atoms with Gasteiger partial charge in [0.2, 0.25) is 5.91 Å². The summed E-state index contributed by atoms with van der Waals surface area (Å²) >= 11 is 0. The monoisotopic (exact) mass is 289 g/mol. The van der Waals surface area contributed by atoms with Gasteiger partial charge in [-0.05, 0) is 45.1 Å². The number of likely N-dealkylation sites (tertiary alicyclic amines) is 1. The van der Waals surface area contributed by atoms with Crippen molar-refractivity contribution in [3.63, 3.8) is 0 Å². The van der Waals surface area contributed by atoms with E-state index < -0.39 is 0 Å². The Balaban J connectivity index is 1.75. The van der Waals surface area contributed by atoms with E-state index in [0.717, 1.165) is 38.8 Å². The van der Waals surface area contributed by atoms with Crippen LogP contribution in [-0.2, 0) is 11.2 Å². The Kier molecular flexibility index (Phi) is 5.80. The number of hydrogen-bond donors (Lipinski definition) is 1. The highest BCUT2D eigenvalue weighted by Crippen LogP contribution is 2.20. The third kappa shape index (κ3) is 4.85. The second-order valence-corrected chi connectivity index (χ2v) is 6.32. The number of amides is 1. The molecule has 0 aliphatic carbocycles. The van der Waals surface area contributed by atoms with Crippen molar-refractivity contribution in [2.45, 2.75) is 52.1 Å². The summed E-state index contributed by atoms with van der Waals surface area (Å²) in [6, 6.07) is 8.53. The minimum Gasteiger partial charge on any atom is -0.393 e. The van der Waals surface area contributed by atoms with E-state index in [9.17, 15) is 9.90 Å². The predicted molar refractivity (Wildman–Crippen MR) is 85.1 cm³/mol. The summed E-state index contributed by atoms with van der Waals surface area (Å²) in [5, 5.41) is 9.69. The van der Waals surface area contributed by atoms with Crippen LogP contribution >= 0.6 is 0 Å². The minimum absolute atomic E-state index is 0.243. The molecule has 3 heteroatoms. The van der Waals surface area contributed by atoms with Crippen molar-refractivity contribution in [1.29, 1.82) is 0 Å². The Morgan fingerprint density at radius 3 is 2.76 bits per heavy atom. The quantitative estimate of drug-likeness (QED) is 0.905. The molecule has 0 spiro atoms. The van der Waals surface area contributed by atoms with Crippen molar-refractivity contribution in [2.75, 3.05) is 13.1 Å². The molecule has 2 atom stereocenters. The minimum atomic E-state index is -0.312. The van der Waals surface area contributed by atoms with Crippen LogP contribution in [0.5, 0.6) is 0 Å². The van der Waals surface area contributed by atoms with Crippen molar-refractivity contribution in [3.8, 4) is 0 Å². The topological polar surface area (TPSA) is 40.5 Å². The van der Waals surface area contributed by atoms with Gasteiger partial charge in [-0.1, -0.05) is 29.8 Å². The van der Waals surface area contributed by atoms with Gasteiger partial charge >= 0.3 is 0 Å². The van der Waals surface area contributed by atoms with Gasteiger partial charge in [-0.3, -0.25) is 4.79 Å². The lowest BCUT2D eigenvalue weighted by atomic mass is 9.93. The summed E-state index contributed by atoms with van der Waals surface area (Å²) in [4.78, 5) is 14.2. The van der Waals surface area contributed by atoms with E-state index in [1.807, 2.05) is 11.8 Å². The normalized spacial score (nSPS) is 20.3. The third-order valence-corrected chi connectivity index (χ3v) is 4.47. The predicted octanol–water partition coefficient (Wildman–Crippen LogP) is 2.94.